The number of hydrogen-bond acceptors (Lipinski definition) is 8. The molecular weight excluding hydrogens is 494 g/mol. The molecule has 0 bridgehead atoms. The number of aromatic nitrogens is 2. The molecule has 4 aromatic rings. The Bertz CT molecular complexity index is 1570. The van der Waals surface area contributed by atoms with Gasteiger partial charge in [-0.15, -0.1) is 6.58 Å². The lowest BCUT2D eigenvalue weighted by atomic mass is 10.2. The van der Waals surface area contributed by atoms with E-state index in [2.05, 4.69) is 31.9 Å². The zero-order chi connectivity index (χ0) is 26.4. The number of aromatic hydroxyl groups is 1. The third kappa shape index (κ3) is 6.33. The summed E-state index contributed by atoms with van der Waals surface area (Å²) in [4.78, 5) is 21.0. The zero-order valence-electron chi connectivity index (χ0n) is 19.9. The average molecular weight is 520 g/mol. The first-order chi connectivity index (χ1) is 17.8. The van der Waals surface area contributed by atoms with E-state index in [9.17, 15) is 18.3 Å². The van der Waals surface area contributed by atoms with Crippen molar-refractivity contribution in [2.75, 3.05) is 22.5 Å². The first kappa shape index (κ1) is 25.5. The number of ether oxygens (including phenoxy) is 1. The normalized spacial score (nSPS) is 11.1. The van der Waals surface area contributed by atoms with Crippen molar-refractivity contribution in [3.63, 3.8) is 0 Å². The van der Waals surface area contributed by atoms with Gasteiger partial charge in [0.25, 0.3) is 10.0 Å². The summed E-state index contributed by atoms with van der Waals surface area (Å²) >= 11 is 0. The summed E-state index contributed by atoms with van der Waals surface area (Å²) in [5.74, 6) is 0.149. The van der Waals surface area contributed by atoms with Crippen molar-refractivity contribution >= 4 is 50.0 Å². The molecule has 11 heteroatoms. The van der Waals surface area contributed by atoms with Crippen molar-refractivity contribution < 1.29 is 23.1 Å². The molecule has 0 aliphatic heterocycles. The van der Waals surface area contributed by atoms with Crippen molar-refractivity contribution in [2.24, 2.45) is 0 Å². The lowest BCUT2D eigenvalue weighted by molar-refractivity contribution is -0.116. The van der Waals surface area contributed by atoms with Crippen molar-refractivity contribution in [3.05, 3.63) is 79.4 Å². The lowest BCUT2D eigenvalue weighted by Crippen LogP contribution is -2.17. The van der Waals surface area contributed by atoms with Gasteiger partial charge in [0.15, 0.2) is 11.6 Å². The molecule has 37 heavy (non-hydrogen) atoms. The second-order valence-electron chi connectivity index (χ2n) is 7.96. The highest BCUT2D eigenvalue weighted by atomic mass is 32.2. The Morgan fingerprint density at radius 3 is 2.43 bits per heavy atom. The minimum Gasteiger partial charge on any atom is -0.508 e. The molecule has 4 N–H and O–H groups in total. The highest BCUT2D eigenvalue weighted by Crippen LogP contribution is 2.31. The number of carbonyl (C=O) groups excluding carboxylic acids is 1. The quantitative estimate of drug-likeness (QED) is 0.219. The summed E-state index contributed by atoms with van der Waals surface area (Å²) in [6.07, 6.45) is 2.38. The third-order valence-electron chi connectivity index (χ3n) is 5.19. The summed E-state index contributed by atoms with van der Waals surface area (Å²) < 4.78 is 34.3. The number of phenols is 1. The molecule has 0 spiro atoms. The lowest BCUT2D eigenvalue weighted by Gasteiger charge is -2.15. The number of rotatable bonds is 10. The summed E-state index contributed by atoms with van der Waals surface area (Å²) in [6.45, 7) is 3.59. The maximum Gasteiger partial charge on any atom is 0.263 e. The second kappa shape index (κ2) is 11.0. The Morgan fingerprint density at radius 2 is 1.73 bits per heavy atom. The molecule has 10 nitrogen and oxygen atoms in total. The van der Waals surface area contributed by atoms with E-state index < -0.39 is 10.0 Å². The highest BCUT2D eigenvalue weighted by molar-refractivity contribution is 7.92. The Kier molecular flexibility index (Phi) is 7.54. The molecule has 0 atom stereocenters. The van der Waals surface area contributed by atoms with E-state index in [1.807, 2.05) is 0 Å². The topological polar surface area (TPSA) is 143 Å². The van der Waals surface area contributed by atoms with Crippen molar-refractivity contribution in [2.45, 2.75) is 17.7 Å². The van der Waals surface area contributed by atoms with Gasteiger partial charge >= 0.3 is 0 Å². The van der Waals surface area contributed by atoms with E-state index in [1.54, 1.807) is 42.5 Å². The SMILES string of the molecule is C=CCCC(=O)Nc1cccc(S(=O)(=O)Nc2nc3ccccc3nc2Nc2cc(O)cc(OC)c2)c1. The second-order valence-corrected chi connectivity index (χ2v) is 9.65. The molecule has 1 amide bonds. The van der Waals surface area contributed by atoms with Crippen molar-refractivity contribution in [3.8, 4) is 11.5 Å². The van der Waals surface area contributed by atoms with Crippen LogP contribution in [0.1, 0.15) is 12.8 Å². The van der Waals surface area contributed by atoms with Crippen molar-refractivity contribution in [1.82, 2.24) is 9.97 Å². The van der Waals surface area contributed by atoms with Gasteiger partial charge in [-0.1, -0.05) is 24.3 Å². The van der Waals surface area contributed by atoms with Gasteiger partial charge < -0.3 is 20.5 Å². The van der Waals surface area contributed by atoms with E-state index in [-0.39, 0.29) is 34.6 Å². The molecule has 1 heterocycles. The number of sulfonamides is 1. The molecule has 1 aromatic heterocycles. The molecule has 0 saturated heterocycles. The number of para-hydroxylation sites is 2. The van der Waals surface area contributed by atoms with E-state index in [1.165, 1.54) is 37.4 Å². The van der Waals surface area contributed by atoms with Crippen LogP contribution in [0.3, 0.4) is 0 Å². The fraction of sp³-hybridized carbons (Fsp3) is 0.115. The van der Waals surface area contributed by atoms with Gasteiger partial charge in [0.05, 0.1) is 23.0 Å². The Morgan fingerprint density at radius 1 is 1.00 bits per heavy atom. The molecule has 0 aliphatic rings. The largest absolute Gasteiger partial charge is 0.508 e. The summed E-state index contributed by atoms with van der Waals surface area (Å²) in [6, 6.07) is 17.4. The number of nitrogens with one attached hydrogen (secondary N) is 3. The van der Waals surface area contributed by atoms with Crippen LogP contribution in [0.5, 0.6) is 11.5 Å². The van der Waals surface area contributed by atoms with E-state index >= 15 is 0 Å². The third-order valence-corrected chi connectivity index (χ3v) is 6.53. The van der Waals surface area contributed by atoms with Gasteiger partial charge in [-0.25, -0.2) is 18.4 Å². The number of hydrogen-bond donors (Lipinski definition) is 4. The molecule has 4 rings (SSSR count). The fourth-order valence-electron chi connectivity index (χ4n) is 3.45. The number of phenolic OH excluding ortho intramolecular Hbond substituents is 1. The van der Waals surface area contributed by atoms with Crippen LogP contribution >= 0.6 is 0 Å². The number of nitrogens with zero attached hydrogens (tertiary/aromatic N) is 2. The minimum absolute atomic E-state index is 0.0512. The van der Waals surface area contributed by atoms with Gasteiger partial charge in [0.2, 0.25) is 5.91 Å². The molecule has 0 fully saturated rings. The molecule has 3 aromatic carbocycles. The predicted octanol–water partition coefficient (Wildman–Crippen LogP) is 4.79. The monoisotopic (exact) mass is 519 g/mol. The first-order valence-corrected chi connectivity index (χ1v) is 12.7. The summed E-state index contributed by atoms with van der Waals surface area (Å²) in [7, 11) is -2.66. The van der Waals surface area contributed by atoms with E-state index in [4.69, 9.17) is 4.74 Å². The number of anilines is 4. The Balaban J connectivity index is 1.68. The van der Waals surface area contributed by atoms with Crippen LogP contribution in [-0.2, 0) is 14.8 Å². The molecule has 0 saturated carbocycles. The molecular formula is C26H25N5O5S. The Hall–Kier alpha value is -4.64. The average Bonchev–Trinajstić information content (AvgIpc) is 2.87. The fourth-order valence-corrected chi connectivity index (χ4v) is 4.51. The molecule has 0 radical (unpaired) electrons. The molecule has 0 aliphatic carbocycles. The number of benzene rings is 3. The van der Waals surface area contributed by atoms with Crippen LogP contribution < -0.4 is 20.1 Å². The van der Waals surface area contributed by atoms with E-state index in [0.717, 1.165) is 0 Å². The van der Waals surface area contributed by atoms with Crippen molar-refractivity contribution in [1.29, 1.82) is 0 Å². The number of amides is 1. The molecule has 190 valence electrons. The van der Waals surface area contributed by atoms with Crippen LogP contribution in [0, 0.1) is 0 Å². The standard InChI is InChI=1S/C26H25N5O5S/c1-3-4-12-24(33)27-17-8-7-9-21(15-17)37(34,35)31-26-25(29-22-10-5-6-11-23(22)30-26)28-18-13-19(32)16-20(14-18)36-2/h3,5-11,13-16,32H,1,4,12H2,2H3,(H,27,33)(H,28,29)(H,30,31). The Labute approximate surface area is 214 Å². The maximum atomic E-state index is 13.3. The van der Waals surface area contributed by atoms with Crippen LogP contribution in [0.25, 0.3) is 11.0 Å². The number of methoxy groups -OCH3 is 1. The van der Waals surface area contributed by atoms with Crippen LogP contribution in [-0.4, -0.2) is 36.5 Å². The number of fused-ring (bicyclic) bond motifs is 1. The number of allylic oxidation sites excluding steroid dienone is 1. The summed E-state index contributed by atoms with van der Waals surface area (Å²) in [5, 5.41) is 15.7. The summed E-state index contributed by atoms with van der Waals surface area (Å²) in [5.41, 5.74) is 1.75. The molecule has 0 unspecified atom stereocenters. The van der Waals surface area contributed by atoms with Gasteiger partial charge in [0, 0.05) is 36.0 Å². The zero-order valence-corrected chi connectivity index (χ0v) is 20.7. The smallest absolute Gasteiger partial charge is 0.263 e. The van der Waals surface area contributed by atoms with Crippen LogP contribution in [0.15, 0.2) is 84.3 Å². The highest BCUT2D eigenvalue weighted by Gasteiger charge is 2.20. The van der Waals surface area contributed by atoms with Gasteiger partial charge in [-0.2, -0.15) is 0 Å². The maximum absolute atomic E-state index is 13.3. The number of carbonyl (C=O) groups is 1. The minimum atomic E-state index is -4.13. The van der Waals surface area contributed by atoms with Crippen LogP contribution in [0.2, 0.25) is 0 Å². The van der Waals surface area contributed by atoms with Gasteiger partial charge in [-0.3, -0.25) is 9.52 Å². The van der Waals surface area contributed by atoms with E-state index in [0.29, 0.717) is 34.6 Å². The van der Waals surface area contributed by atoms with Gasteiger partial charge in [0.1, 0.15) is 11.5 Å². The van der Waals surface area contributed by atoms with Crippen LogP contribution in [0.4, 0.5) is 23.0 Å². The predicted molar refractivity (Wildman–Crippen MR) is 143 cm³/mol. The first-order valence-electron chi connectivity index (χ1n) is 11.2. The van der Waals surface area contributed by atoms with Gasteiger partial charge in [-0.05, 0) is 36.8 Å².